The molecule has 4 nitrogen and oxygen atoms in total. The van der Waals surface area contributed by atoms with Crippen LogP contribution in [0.4, 0.5) is 0 Å². The van der Waals surface area contributed by atoms with Crippen molar-refractivity contribution >= 4 is 21.9 Å². The van der Waals surface area contributed by atoms with Crippen LogP contribution in [0, 0.1) is 6.92 Å². The second kappa shape index (κ2) is 5.35. The number of aryl methyl sites for hydroxylation is 2. The highest BCUT2D eigenvalue weighted by Gasteiger charge is 2.09. The van der Waals surface area contributed by atoms with Gasteiger partial charge in [0.1, 0.15) is 5.82 Å². The Morgan fingerprint density at radius 2 is 2.17 bits per heavy atom. The van der Waals surface area contributed by atoms with Gasteiger partial charge in [0.25, 0.3) is 0 Å². The average molecular weight is 309 g/mol. The van der Waals surface area contributed by atoms with Gasteiger partial charge in [0, 0.05) is 17.1 Å². The minimum atomic E-state index is -0.803. The topological polar surface area (TPSA) is 55.1 Å². The van der Waals surface area contributed by atoms with E-state index < -0.39 is 5.97 Å². The van der Waals surface area contributed by atoms with Gasteiger partial charge in [-0.1, -0.05) is 12.1 Å². The molecular formula is C13H13BrN2O2. The normalized spacial score (nSPS) is 10.6. The zero-order valence-electron chi connectivity index (χ0n) is 9.93. The zero-order valence-corrected chi connectivity index (χ0v) is 11.5. The van der Waals surface area contributed by atoms with E-state index in [4.69, 9.17) is 5.11 Å². The number of halogens is 1. The minimum Gasteiger partial charge on any atom is -0.481 e. The second-order valence-electron chi connectivity index (χ2n) is 3.99. The van der Waals surface area contributed by atoms with E-state index in [0.29, 0.717) is 6.42 Å². The van der Waals surface area contributed by atoms with Gasteiger partial charge >= 0.3 is 5.97 Å². The van der Waals surface area contributed by atoms with Gasteiger partial charge in [-0.2, -0.15) is 0 Å². The Hall–Kier alpha value is -1.62. The molecule has 1 aromatic carbocycles. The van der Waals surface area contributed by atoms with E-state index in [1.54, 1.807) is 0 Å². The van der Waals surface area contributed by atoms with Gasteiger partial charge < -0.3 is 9.67 Å². The van der Waals surface area contributed by atoms with E-state index in [1.807, 2.05) is 42.0 Å². The van der Waals surface area contributed by atoms with Crippen LogP contribution >= 0.6 is 15.9 Å². The van der Waals surface area contributed by atoms with E-state index in [2.05, 4.69) is 20.9 Å². The fourth-order valence-corrected chi connectivity index (χ4v) is 2.26. The van der Waals surface area contributed by atoms with Crippen LogP contribution in [-0.2, 0) is 11.2 Å². The third kappa shape index (κ3) is 2.79. The van der Waals surface area contributed by atoms with Gasteiger partial charge in [0.05, 0.1) is 17.8 Å². The van der Waals surface area contributed by atoms with Crippen LogP contribution < -0.4 is 0 Å². The van der Waals surface area contributed by atoms with Crippen molar-refractivity contribution in [2.24, 2.45) is 0 Å². The van der Waals surface area contributed by atoms with Crippen molar-refractivity contribution in [2.75, 3.05) is 0 Å². The first-order valence-corrected chi connectivity index (χ1v) is 6.39. The number of aromatic nitrogens is 2. The molecule has 0 fully saturated rings. The molecule has 0 spiro atoms. The number of aliphatic carboxylic acids is 1. The number of para-hydroxylation sites is 1. The van der Waals surface area contributed by atoms with Crippen molar-refractivity contribution in [2.45, 2.75) is 19.8 Å². The summed E-state index contributed by atoms with van der Waals surface area (Å²) in [5.41, 5.74) is 1.80. The molecular weight excluding hydrogens is 296 g/mol. The molecule has 0 radical (unpaired) electrons. The molecule has 0 amide bonds. The first-order valence-electron chi connectivity index (χ1n) is 5.59. The molecule has 2 rings (SSSR count). The highest BCUT2D eigenvalue weighted by Crippen LogP contribution is 2.22. The molecule has 1 N–H and O–H groups in total. The standard InChI is InChI=1S/C13H13BrN2O2/c1-9-15-10(6-7-13(17)18)8-16(9)12-5-3-2-4-11(12)14/h2-5,8H,6-7H2,1H3,(H,17,18). The number of carbonyl (C=O) groups is 1. The van der Waals surface area contributed by atoms with Gasteiger partial charge in [-0.25, -0.2) is 4.98 Å². The van der Waals surface area contributed by atoms with E-state index >= 15 is 0 Å². The van der Waals surface area contributed by atoms with Crippen molar-refractivity contribution in [3.8, 4) is 5.69 Å². The van der Waals surface area contributed by atoms with Crippen LogP contribution in [0.2, 0.25) is 0 Å². The van der Waals surface area contributed by atoms with Crippen molar-refractivity contribution in [1.82, 2.24) is 9.55 Å². The largest absolute Gasteiger partial charge is 0.481 e. The third-order valence-electron chi connectivity index (χ3n) is 2.64. The molecule has 2 aromatic rings. The zero-order chi connectivity index (χ0) is 13.1. The summed E-state index contributed by atoms with van der Waals surface area (Å²) in [7, 11) is 0. The van der Waals surface area contributed by atoms with Gasteiger partial charge in [0.15, 0.2) is 0 Å². The number of carboxylic acid groups (broad SMARTS) is 1. The van der Waals surface area contributed by atoms with Crippen LogP contribution in [0.15, 0.2) is 34.9 Å². The summed E-state index contributed by atoms with van der Waals surface area (Å²) in [5.74, 6) is 0.0467. The van der Waals surface area contributed by atoms with Gasteiger partial charge in [-0.05, 0) is 35.0 Å². The first kappa shape index (κ1) is 12.8. The number of imidazole rings is 1. The summed E-state index contributed by atoms with van der Waals surface area (Å²) < 4.78 is 2.94. The summed E-state index contributed by atoms with van der Waals surface area (Å²) in [5, 5.41) is 8.67. The maximum absolute atomic E-state index is 10.5. The van der Waals surface area contributed by atoms with Crippen LogP contribution in [-0.4, -0.2) is 20.6 Å². The predicted molar refractivity (Wildman–Crippen MR) is 72.0 cm³/mol. The number of rotatable bonds is 4. The average Bonchev–Trinajstić information content (AvgIpc) is 2.69. The Morgan fingerprint density at radius 3 is 2.83 bits per heavy atom. The first-order chi connectivity index (χ1) is 8.58. The number of hydrogen-bond donors (Lipinski definition) is 1. The molecule has 5 heteroatoms. The Labute approximate surface area is 113 Å². The number of benzene rings is 1. The van der Waals surface area contributed by atoms with Crippen molar-refractivity contribution in [3.05, 3.63) is 46.5 Å². The highest BCUT2D eigenvalue weighted by atomic mass is 79.9. The van der Waals surface area contributed by atoms with Crippen LogP contribution in [0.1, 0.15) is 17.9 Å². The summed E-state index contributed by atoms with van der Waals surface area (Å²) in [6, 6.07) is 7.85. The maximum atomic E-state index is 10.5. The lowest BCUT2D eigenvalue weighted by molar-refractivity contribution is -0.136. The Balaban J connectivity index is 2.30. The summed E-state index contributed by atoms with van der Waals surface area (Å²) in [6.45, 7) is 1.91. The lowest BCUT2D eigenvalue weighted by Gasteiger charge is -2.06. The molecule has 0 unspecified atom stereocenters. The van der Waals surface area contributed by atoms with E-state index in [0.717, 1.165) is 21.7 Å². The molecule has 0 atom stereocenters. The summed E-state index contributed by atoms with van der Waals surface area (Å²) in [6.07, 6.45) is 2.44. The molecule has 1 heterocycles. The summed E-state index contributed by atoms with van der Waals surface area (Å²) in [4.78, 5) is 14.9. The molecule has 0 saturated carbocycles. The molecule has 0 saturated heterocycles. The van der Waals surface area contributed by atoms with Crippen LogP contribution in [0.5, 0.6) is 0 Å². The number of hydrogen-bond acceptors (Lipinski definition) is 2. The molecule has 0 aliphatic carbocycles. The number of carboxylic acids is 1. The van der Waals surface area contributed by atoms with Gasteiger partial charge in [-0.15, -0.1) is 0 Å². The minimum absolute atomic E-state index is 0.104. The van der Waals surface area contributed by atoms with Gasteiger partial charge in [-0.3, -0.25) is 4.79 Å². The van der Waals surface area contributed by atoms with Crippen molar-refractivity contribution in [1.29, 1.82) is 0 Å². The van der Waals surface area contributed by atoms with E-state index in [9.17, 15) is 4.79 Å². The van der Waals surface area contributed by atoms with Crippen LogP contribution in [0.3, 0.4) is 0 Å². The fourth-order valence-electron chi connectivity index (χ4n) is 1.78. The SMILES string of the molecule is Cc1nc(CCC(=O)O)cn1-c1ccccc1Br. The molecule has 18 heavy (non-hydrogen) atoms. The lowest BCUT2D eigenvalue weighted by atomic mass is 10.2. The quantitative estimate of drug-likeness (QED) is 0.944. The van der Waals surface area contributed by atoms with E-state index in [-0.39, 0.29) is 6.42 Å². The molecule has 0 bridgehead atoms. The third-order valence-corrected chi connectivity index (χ3v) is 3.31. The summed E-state index contributed by atoms with van der Waals surface area (Å²) >= 11 is 3.50. The monoisotopic (exact) mass is 308 g/mol. The molecule has 0 aliphatic rings. The Kier molecular flexibility index (Phi) is 3.81. The second-order valence-corrected chi connectivity index (χ2v) is 4.85. The van der Waals surface area contributed by atoms with Crippen LogP contribution in [0.25, 0.3) is 5.69 Å². The number of nitrogens with zero attached hydrogens (tertiary/aromatic N) is 2. The molecule has 0 aliphatic heterocycles. The van der Waals surface area contributed by atoms with E-state index in [1.165, 1.54) is 0 Å². The Morgan fingerprint density at radius 1 is 1.44 bits per heavy atom. The highest BCUT2D eigenvalue weighted by molar-refractivity contribution is 9.10. The lowest BCUT2D eigenvalue weighted by Crippen LogP contribution is -1.97. The fraction of sp³-hybridized carbons (Fsp3) is 0.231. The molecule has 1 aromatic heterocycles. The maximum Gasteiger partial charge on any atom is 0.303 e. The van der Waals surface area contributed by atoms with Crippen molar-refractivity contribution < 1.29 is 9.90 Å². The van der Waals surface area contributed by atoms with Crippen molar-refractivity contribution in [3.63, 3.8) is 0 Å². The van der Waals surface area contributed by atoms with Gasteiger partial charge in [0.2, 0.25) is 0 Å². The Bertz CT molecular complexity index is 578. The predicted octanol–water partition coefficient (Wildman–Crippen LogP) is 2.96. The smallest absolute Gasteiger partial charge is 0.303 e. The molecule has 94 valence electrons.